The van der Waals surface area contributed by atoms with Gasteiger partial charge in [-0.05, 0) is 30.3 Å². The predicted octanol–water partition coefficient (Wildman–Crippen LogP) is 3.58. The number of anilines is 1. The zero-order valence-corrected chi connectivity index (χ0v) is 12.3. The Kier molecular flexibility index (Phi) is 3.94. The molecule has 1 heterocycles. The number of halogens is 1. The van der Waals surface area contributed by atoms with Gasteiger partial charge in [-0.1, -0.05) is 29.8 Å². The van der Waals surface area contributed by atoms with E-state index in [0.29, 0.717) is 10.6 Å². The third kappa shape index (κ3) is 3.02. The van der Waals surface area contributed by atoms with Crippen LogP contribution in [0.5, 0.6) is 0 Å². The molecule has 2 aromatic rings. The number of hydrogen-bond acceptors (Lipinski definition) is 4. The molecular weight excluding hydrogens is 302 g/mol. The van der Waals surface area contributed by atoms with Gasteiger partial charge in [-0.25, -0.2) is 4.79 Å². The molecule has 2 aromatic carbocycles. The van der Waals surface area contributed by atoms with Crippen LogP contribution in [0, 0.1) is 0 Å². The summed E-state index contributed by atoms with van der Waals surface area (Å²) in [5.41, 5.74) is 2.18. The molecule has 0 fully saturated rings. The van der Waals surface area contributed by atoms with Crippen LogP contribution >= 0.6 is 11.6 Å². The molecule has 1 aliphatic rings. The van der Waals surface area contributed by atoms with Crippen LogP contribution in [0.1, 0.15) is 15.9 Å². The lowest BCUT2D eigenvalue weighted by atomic mass is 10.1. The molecule has 1 N–H and O–H groups in total. The van der Waals surface area contributed by atoms with Crippen molar-refractivity contribution in [1.82, 2.24) is 0 Å². The zero-order valence-electron chi connectivity index (χ0n) is 11.5. The van der Waals surface area contributed by atoms with Crippen LogP contribution in [0.4, 0.5) is 5.69 Å². The number of para-hydroxylation sites is 1. The van der Waals surface area contributed by atoms with Crippen LogP contribution in [0.3, 0.4) is 0 Å². The first-order chi connectivity index (χ1) is 10.6. The summed E-state index contributed by atoms with van der Waals surface area (Å²) >= 11 is 5.80. The van der Waals surface area contributed by atoms with Crippen molar-refractivity contribution in [3.8, 4) is 0 Å². The summed E-state index contributed by atoms with van der Waals surface area (Å²) in [5.74, 6) is -0.853. The smallest absolute Gasteiger partial charge is 0.355 e. The summed E-state index contributed by atoms with van der Waals surface area (Å²) in [6.07, 6.45) is 1.24. The lowest BCUT2D eigenvalue weighted by molar-refractivity contribution is -0.139. The van der Waals surface area contributed by atoms with E-state index in [1.807, 2.05) is 24.3 Å². The number of rotatable bonds is 2. The second kappa shape index (κ2) is 6.03. The van der Waals surface area contributed by atoms with Gasteiger partial charge in [0.15, 0.2) is 5.78 Å². The van der Waals surface area contributed by atoms with Crippen molar-refractivity contribution >= 4 is 29.0 Å². The number of fused-ring (bicyclic) bond motifs is 1. The number of benzene rings is 2. The van der Waals surface area contributed by atoms with Crippen molar-refractivity contribution < 1.29 is 14.3 Å². The average molecular weight is 314 g/mol. The number of cyclic esters (lactones) is 1. The molecule has 110 valence electrons. The summed E-state index contributed by atoms with van der Waals surface area (Å²) < 4.78 is 5.15. The number of nitrogens with one attached hydrogen (secondary N) is 1. The Morgan fingerprint density at radius 3 is 2.64 bits per heavy atom. The summed E-state index contributed by atoms with van der Waals surface area (Å²) in [6, 6.07) is 13.9. The quantitative estimate of drug-likeness (QED) is 0.523. The molecule has 0 saturated heterocycles. The van der Waals surface area contributed by atoms with E-state index in [1.165, 1.54) is 6.08 Å². The minimum absolute atomic E-state index is 0.116. The number of carbonyl (C=O) groups excluding carboxylic acids is 2. The second-order valence-corrected chi connectivity index (χ2v) is 5.22. The molecular formula is C17H12ClNO3. The summed E-state index contributed by atoms with van der Waals surface area (Å²) in [5, 5.41) is 3.51. The number of carbonyl (C=O) groups is 2. The van der Waals surface area contributed by atoms with Gasteiger partial charge in [-0.2, -0.15) is 0 Å². The van der Waals surface area contributed by atoms with Crippen LogP contribution in [0.25, 0.3) is 0 Å². The van der Waals surface area contributed by atoms with E-state index in [9.17, 15) is 9.59 Å². The van der Waals surface area contributed by atoms with Crippen LogP contribution in [-0.2, 0) is 16.1 Å². The van der Waals surface area contributed by atoms with Crippen molar-refractivity contribution in [2.75, 3.05) is 5.32 Å². The van der Waals surface area contributed by atoms with Gasteiger partial charge in [0.05, 0.1) is 0 Å². The molecule has 1 aliphatic heterocycles. The Bertz CT molecular complexity index is 766. The van der Waals surface area contributed by atoms with Crippen LogP contribution in [0.15, 0.2) is 60.3 Å². The highest BCUT2D eigenvalue weighted by Crippen LogP contribution is 2.22. The Morgan fingerprint density at radius 1 is 1.14 bits per heavy atom. The maximum Gasteiger partial charge on any atom is 0.355 e. The van der Waals surface area contributed by atoms with Crippen molar-refractivity contribution in [2.45, 2.75) is 6.61 Å². The number of ketones is 1. The topological polar surface area (TPSA) is 55.4 Å². The van der Waals surface area contributed by atoms with Gasteiger partial charge in [0.1, 0.15) is 12.3 Å². The van der Waals surface area contributed by atoms with Gasteiger partial charge in [0.25, 0.3) is 0 Å². The van der Waals surface area contributed by atoms with E-state index in [0.717, 1.165) is 11.3 Å². The van der Waals surface area contributed by atoms with Gasteiger partial charge in [0, 0.05) is 27.9 Å². The van der Waals surface area contributed by atoms with E-state index in [4.69, 9.17) is 16.3 Å². The minimum Gasteiger partial charge on any atom is -0.456 e. The summed E-state index contributed by atoms with van der Waals surface area (Å²) in [6.45, 7) is 0.175. The third-order valence-corrected chi connectivity index (χ3v) is 3.52. The lowest BCUT2D eigenvalue weighted by Gasteiger charge is -2.06. The first kappa shape index (κ1) is 14.4. The number of esters is 1. The number of ether oxygens (including phenoxy) is 1. The highest BCUT2D eigenvalue weighted by molar-refractivity contribution is 6.30. The third-order valence-electron chi connectivity index (χ3n) is 3.27. The molecule has 5 heteroatoms. The van der Waals surface area contributed by atoms with Gasteiger partial charge in [0.2, 0.25) is 0 Å². The first-order valence-electron chi connectivity index (χ1n) is 6.67. The number of hydrogen-bond donors (Lipinski definition) is 1. The molecule has 0 radical (unpaired) electrons. The molecule has 22 heavy (non-hydrogen) atoms. The highest BCUT2D eigenvalue weighted by atomic mass is 35.5. The maximum atomic E-state index is 12.2. The normalized spacial score (nSPS) is 15.5. The Labute approximate surface area is 132 Å². The molecule has 0 spiro atoms. The fraction of sp³-hybridized carbons (Fsp3) is 0.0588. The molecule has 0 saturated carbocycles. The van der Waals surface area contributed by atoms with E-state index in [2.05, 4.69) is 5.32 Å². The van der Waals surface area contributed by atoms with E-state index in [-0.39, 0.29) is 18.1 Å². The molecule has 3 rings (SSSR count). The molecule has 0 aromatic heterocycles. The monoisotopic (exact) mass is 313 g/mol. The fourth-order valence-electron chi connectivity index (χ4n) is 2.11. The van der Waals surface area contributed by atoms with Gasteiger partial charge in [-0.15, -0.1) is 0 Å². The van der Waals surface area contributed by atoms with Crippen molar-refractivity contribution in [3.63, 3.8) is 0 Å². The molecule has 4 nitrogen and oxygen atoms in total. The van der Waals surface area contributed by atoms with Gasteiger partial charge < -0.3 is 10.1 Å². The number of allylic oxidation sites excluding steroid dienone is 1. The fourth-order valence-corrected chi connectivity index (χ4v) is 2.23. The molecule has 0 atom stereocenters. The second-order valence-electron chi connectivity index (χ2n) is 4.79. The standard InChI is InChI=1S/C17H12ClNO3/c18-13-7-5-11(6-8-13)16(20)9-15-17(21)22-10-12-3-1-2-4-14(12)19-15/h1-9,19H,10H2. The van der Waals surface area contributed by atoms with E-state index >= 15 is 0 Å². The maximum absolute atomic E-state index is 12.2. The van der Waals surface area contributed by atoms with E-state index < -0.39 is 5.97 Å². The molecule has 0 amide bonds. The highest BCUT2D eigenvalue weighted by Gasteiger charge is 2.19. The summed E-state index contributed by atoms with van der Waals surface area (Å²) in [7, 11) is 0. The van der Waals surface area contributed by atoms with Crippen LogP contribution < -0.4 is 5.32 Å². The largest absolute Gasteiger partial charge is 0.456 e. The summed E-state index contributed by atoms with van der Waals surface area (Å²) in [4.78, 5) is 24.2. The van der Waals surface area contributed by atoms with Crippen molar-refractivity contribution in [2.24, 2.45) is 0 Å². The van der Waals surface area contributed by atoms with Gasteiger partial charge >= 0.3 is 5.97 Å². The van der Waals surface area contributed by atoms with E-state index in [1.54, 1.807) is 24.3 Å². The molecule has 0 unspecified atom stereocenters. The van der Waals surface area contributed by atoms with Crippen molar-refractivity contribution in [3.05, 3.63) is 76.5 Å². The Hall–Kier alpha value is -2.59. The molecule has 0 bridgehead atoms. The lowest BCUT2D eigenvalue weighted by Crippen LogP contribution is -2.13. The predicted molar refractivity (Wildman–Crippen MR) is 83.7 cm³/mol. The average Bonchev–Trinajstić information content (AvgIpc) is 2.68. The minimum atomic E-state index is -0.557. The van der Waals surface area contributed by atoms with Crippen LogP contribution in [-0.4, -0.2) is 11.8 Å². The zero-order chi connectivity index (χ0) is 15.5. The van der Waals surface area contributed by atoms with Crippen LogP contribution in [0.2, 0.25) is 5.02 Å². The SMILES string of the molecule is O=C1OCc2ccccc2NC1=CC(=O)c1ccc(Cl)cc1. The first-order valence-corrected chi connectivity index (χ1v) is 7.05. The molecule has 0 aliphatic carbocycles. The Balaban J connectivity index is 1.90. The Morgan fingerprint density at radius 2 is 1.86 bits per heavy atom. The van der Waals surface area contributed by atoms with Gasteiger partial charge in [-0.3, -0.25) is 4.79 Å². The van der Waals surface area contributed by atoms with Crippen molar-refractivity contribution in [1.29, 1.82) is 0 Å².